The number of hydrogen-bond donors (Lipinski definition) is 2. The number of aromatic nitrogens is 2. The molecule has 0 aliphatic heterocycles. The van der Waals surface area contributed by atoms with E-state index >= 15 is 0 Å². The smallest absolute Gasteiger partial charge is 0.336 e. The largest absolute Gasteiger partial charge is 0.478 e. The van der Waals surface area contributed by atoms with E-state index in [0.717, 1.165) is 0 Å². The summed E-state index contributed by atoms with van der Waals surface area (Å²) in [7, 11) is 0. The van der Waals surface area contributed by atoms with E-state index in [2.05, 4.69) is 10.3 Å². The van der Waals surface area contributed by atoms with Crippen LogP contribution in [-0.4, -0.2) is 26.5 Å². The number of imidazole rings is 1. The quantitative estimate of drug-likeness (QED) is 0.871. The number of carbonyl (C=O) groups is 2. The number of nitrogens with zero attached hydrogens (tertiary/aromatic N) is 3. The molecule has 0 spiro atoms. The number of carboxylic acids is 1. The van der Waals surface area contributed by atoms with E-state index in [9.17, 15) is 9.59 Å². The summed E-state index contributed by atoms with van der Waals surface area (Å²) in [5.41, 5.74) is -0.0312. The summed E-state index contributed by atoms with van der Waals surface area (Å²) >= 11 is 0. The highest BCUT2D eigenvalue weighted by molar-refractivity contribution is 6.10. The van der Waals surface area contributed by atoms with Crippen molar-refractivity contribution in [3.63, 3.8) is 0 Å². The first-order valence-corrected chi connectivity index (χ1v) is 5.64. The molecule has 1 amide bonds. The molecule has 7 heteroatoms. The summed E-state index contributed by atoms with van der Waals surface area (Å²) in [6.07, 6.45) is 2.90. The molecule has 0 saturated carbocycles. The third kappa shape index (κ3) is 2.81. The van der Waals surface area contributed by atoms with Crippen molar-refractivity contribution < 1.29 is 14.7 Å². The second kappa shape index (κ2) is 5.67. The number of carboxylic acid groups (broad SMARTS) is 1. The van der Waals surface area contributed by atoms with Gasteiger partial charge in [0.2, 0.25) is 0 Å². The highest BCUT2D eigenvalue weighted by atomic mass is 16.4. The number of amides is 1. The zero-order valence-corrected chi connectivity index (χ0v) is 10.3. The lowest BCUT2D eigenvalue weighted by atomic mass is 10.1. The van der Waals surface area contributed by atoms with Crippen molar-refractivity contribution in [2.45, 2.75) is 6.54 Å². The minimum absolute atomic E-state index is 0.0508. The maximum Gasteiger partial charge on any atom is 0.336 e. The molecule has 0 radical (unpaired) electrons. The Balaban J connectivity index is 2.20. The van der Waals surface area contributed by atoms with Crippen LogP contribution in [0.15, 0.2) is 36.8 Å². The van der Waals surface area contributed by atoms with Gasteiger partial charge in [-0.15, -0.1) is 0 Å². The number of anilines is 1. The molecule has 1 aromatic carbocycles. The van der Waals surface area contributed by atoms with E-state index in [1.807, 2.05) is 6.07 Å². The molecular formula is C13H10N4O3. The molecule has 2 rings (SSSR count). The molecule has 100 valence electrons. The maximum absolute atomic E-state index is 12.0. The number of rotatable bonds is 4. The van der Waals surface area contributed by atoms with Crippen LogP contribution in [0.2, 0.25) is 0 Å². The van der Waals surface area contributed by atoms with Crippen LogP contribution in [0.25, 0.3) is 0 Å². The van der Waals surface area contributed by atoms with Gasteiger partial charge < -0.3 is 15.0 Å². The number of nitrogens with one attached hydrogen (secondary N) is 1. The van der Waals surface area contributed by atoms with Gasteiger partial charge in [0.15, 0.2) is 5.82 Å². The highest BCUT2D eigenvalue weighted by Crippen LogP contribution is 2.12. The lowest BCUT2D eigenvalue weighted by Gasteiger charge is -2.05. The van der Waals surface area contributed by atoms with Crippen LogP contribution in [0, 0.1) is 11.3 Å². The van der Waals surface area contributed by atoms with Gasteiger partial charge in [-0.3, -0.25) is 4.79 Å². The Morgan fingerprint density at radius 1 is 1.35 bits per heavy atom. The number of benzene rings is 1. The fourth-order valence-corrected chi connectivity index (χ4v) is 1.64. The summed E-state index contributed by atoms with van der Waals surface area (Å²) in [5, 5.41) is 20.0. The average Bonchev–Trinajstić information content (AvgIpc) is 2.86. The first-order chi connectivity index (χ1) is 9.61. The van der Waals surface area contributed by atoms with Gasteiger partial charge in [-0.2, -0.15) is 5.26 Å². The van der Waals surface area contributed by atoms with Crippen molar-refractivity contribution in [2.75, 3.05) is 5.32 Å². The molecule has 0 bridgehead atoms. The predicted molar refractivity (Wildman–Crippen MR) is 69.2 cm³/mol. The lowest BCUT2D eigenvalue weighted by Crippen LogP contribution is -2.16. The van der Waals surface area contributed by atoms with E-state index in [4.69, 9.17) is 10.4 Å². The molecule has 1 aromatic heterocycles. The van der Waals surface area contributed by atoms with Gasteiger partial charge in [0.1, 0.15) is 6.54 Å². The first-order valence-electron chi connectivity index (χ1n) is 5.64. The third-order valence-electron chi connectivity index (χ3n) is 2.53. The van der Waals surface area contributed by atoms with Crippen molar-refractivity contribution >= 4 is 17.7 Å². The molecule has 0 atom stereocenters. The number of hydrogen-bond acceptors (Lipinski definition) is 4. The summed E-state index contributed by atoms with van der Waals surface area (Å²) in [6, 6.07) is 7.84. The van der Waals surface area contributed by atoms with Crippen molar-refractivity contribution in [1.29, 1.82) is 5.26 Å². The molecule has 0 saturated heterocycles. The van der Waals surface area contributed by atoms with Crippen LogP contribution in [0.5, 0.6) is 0 Å². The minimum atomic E-state index is -1.18. The Kier molecular flexibility index (Phi) is 3.77. The zero-order valence-electron chi connectivity index (χ0n) is 10.3. The highest BCUT2D eigenvalue weighted by Gasteiger charge is 2.16. The monoisotopic (exact) mass is 270 g/mol. The topological polar surface area (TPSA) is 108 Å². The molecular weight excluding hydrogens is 260 g/mol. The van der Waals surface area contributed by atoms with Crippen LogP contribution in [0.3, 0.4) is 0 Å². The number of nitriles is 1. The van der Waals surface area contributed by atoms with Crippen LogP contribution < -0.4 is 5.32 Å². The maximum atomic E-state index is 12.0. The van der Waals surface area contributed by atoms with E-state index in [1.165, 1.54) is 29.2 Å². The molecule has 1 heterocycles. The van der Waals surface area contributed by atoms with E-state index in [-0.39, 0.29) is 23.5 Å². The molecule has 2 aromatic rings. The van der Waals surface area contributed by atoms with Gasteiger partial charge in [0.25, 0.3) is 5.91 Å². The van der Waals surface area contributed by atoms with Gasteiger partial charge in [-0.25, -0.2) is 9.78 Å². The third-order valence-corrected chi connectivity index (χ3v) is 2.53. The fraction of sp³-hybridized carbons (Fsp3) is 0.0769. The normalized spacial score (nSPS) is 9.75. The Bertz CT molecular complexity index is 700. The van der Waals surface area contributed by atoms with Crippen LogP contribution in [0.4, 0.5) is 5.82 Å². The molecule has 0 fully saturated rings. The van der Waals surface area contributed by atoms with Crippen molar-refractivity contribution in [3.05, 3.63) is 47.9 Å². The standard InChI is InChI=1S/C13H10N4O3/c14-5-6-17-7-11(15-8-17)16-12(18)9-3-1-2-4-10(9)13(19)20/h1-4,7-8H,6H2,(H,16,18)(H,19,20). The van der Waals surface area contributed by atoms with Crippen LogP contribution in [-0.2, 0) is 6.54 Å². The average molecular weight is 270 g/mol. The Labute approximate surface area is 114 Å². The molecule has 0 unspecified atom stereocenters. The summed E-state index contributed by atoms with van der Waals surface area (Å²) < 4.78 is 1.50. The fourth-order valence-electron chi connectivity index (χ4n) is 1.64. The minimum Gasteiger partial charge on any atom is -0.478 e. The van der Waals surface area contributed by atoms with Gasteiger partial charge in [0.05, 0.1) is 23.5 Å². The number of carbonyl (C=O) groups excluding carboxylic acids is 1. The SMILES string of the molecule is N#CCn1cnc(NC(=O)c2ccccc2C(=O)O)c1. The van der Waals surface area contributed by atoms with Gasteiger partial charge >= 0.3 is 5.97 Å². The van der Waals surface area contributed by atoms with Crippen LogP contribution in [0.1, 0.15) is 20.7 Å². The predicted octanol–water partition coefficient (Wildman–Crippen LogP) is 1.36. The summed E-state index contributed by atoms with van der Waals surface area (Å²) in [6.45, 7) is 0.120. The molecule has 0 aliphatic carbocycles. The summed E-state index contributed by atoms with van der Waals surface area (Å²) in [5.74, 6) is -1.48. The van der Waals surface area contributed by atoms with Gasteiger partial charge in [0, 0.05) is 6.20 Å². The molecule has 0 aliphatic rings. The second-order valence-corrected chi connectivity index (χ2v) is 3.89. The Hall–Kier alpha value is -3.14. The van der Waals surface area contributed by atoms with E-state index in [0.29, 0.717) is 0 Å². The van der Waals surface area contributed by atoms with Crippen molar-refractivity contribution in [3.8, 4) is 6.07 Å². The lowest BCUT2D eigenvalue weighted by molar-refractivity contribution is 0.0692. The van der Waals surface area contributed by atoms with Crippen molar-refractivity contribution in [1.82, 2.24) is 9.55 Å². The Morgan fingerprint density at radius 2 is 2.05 bits per heavy atom. The van der Waals surface area contributed by atoms with Crippen LogP contribution >= 0.6 is 0 Å². The second-order valence-electron chi connectivity index (χ2n) is 3.89. The van der Waals surface area contributed by atoms with Gasteiger partial charge in [-0.05, 0) is 12.1 Å². The summed E-state index contributed by atoms with van der Waals surface area (Å²) in [4.78, 5) is 27.0. The number of aromatic carboxylic acids is 1. The molecule has 2 N–H and O–H groups in total. The molecule has 7 nitrogen and oxygen atoms in total. The van der Waals surface area contributed by atoms with E-state index < -0.39 is 11.9 Å². The van der Waals surface area contributed by atoms with Gasteiger partial charge in [-0.1, -0.05) is 12.1 Å². The zero-order chi connectivity index (χ0) is 14.5. The van der Waals surface area contributed by atoms with Crippen molar-refractivity contribution in [2.24, 2.45) is 0 Å². The first kappa shape index (κ1) is 13.3. The van der Waals surface area contributed by atoms with E-state index in [1.54, 1.807) is 12.1 Å². The Morgan fingerprint density at radius 3 is 2.70 bits per heavy atom. The molecule has 20 heavy (non-hydrogen) atoms.